The summed E-state index contributed by atoms with van der Waals surface area (Å²) in [5, 5.41) is 8.75. The molecule has 3 nitrogen and oxygen atoms in total. The minimum absolute atomic E-state index is 0.000918. The van der Waals surface area contributed by atoms with Crippen molar-refractivity contribution in [3.63, 3.8) is 0 Å². The number of unbranched alkanes of at least 4 members (excludes halogenated alkanes) is 1. The van der Waals surface area contributed by atoms with Crippen molar-refractivity contribution in [1.29, 1.82) is 0 Å². The Labute approximate surface area is 121 Å². The predicted octanol–water partition coefficient (Wildman–Crippen LogP) is 3.29. The molecule has 0 bridgehead atoms. The van der Waals surface area contributed by atoms with Crippen molar-refractivity contribution in [2.75, 3.05) is 6.61 Å². The van der Waals surface area contributed by atoms with Crippen LogP contribution in [0.25, 0.3) is 0 Å². The topological polar surface area (TPSA) is 54.4 Å². The smallest absolute Gasteiger partial charge is 0.185 e. The normalized spacial score (nSPS) is 17.4. The first-order valence-corrected chi connectivity index (χ1v) is 7.13. The molecule has 0 saturated heterocycles. The highest BCUT2D eigenvalue weighted by Gasteiger charge is 2.26. The Bertz CT molecular complexity index is 504. The van der Waals surface area contributed by atoms with Gasteiger partial charge in [-0.25, -0.2) is 0 Å². The van der Waals surface area contributed by atoms with Crippen molar-refractivity contribution in [2.45, 2.75) is 53.4 Å². The van der Waals surface area contributed by atoms with E-state index in [4.69, 9.17) is 5.11 Å². The fourth-order valence-corrected chi connectivity index (χ4v) is 2.30. The lowest BCUT2D eigenvalue weighted by Crippen LogP contribution is -2.20. The Morgan fingerprint density at radius 2 is 1.60 bits per heavy atom. The van der Waals surface area contributed by atoms with Crippen LogP contribution < -0.4 is 0 Å². The Balaban J connectivity index is 2.79. The molecule has 1 N–H and O–H groups in total. The molecule has 0 spiro atoms. The standard InChI is InChI=1S/C17H24O3/c1-11(7-5-6-10-18)8-9-15-14(4)16(19)12(2)13(3)17(15)20/h8,18H,5-7,9-10H2,1-4H3. The Hall–Kier alpha value is -1.48. The molecule has 0 amide bonds. The van der Waals surface area contributed by atoms with Crippen molar-refractivity contribution in [3.05, 3.63) is 33.9 Å². The van der Waals surface area contributed by atoms with Crippen molar-refractivity contribution < 1.29 is 14.7 Å². The molecule has 3 heteroatoms. The van der Waals surface area contributed by atoms with Gasteiger partial charge < -0.3 is 5.11 Å². The number of rotatable bonds is 6. The highest BCUT2D eigenvalue weighted by Crippen LogP contribution is 2.26. The molecule has 110 valence electrons. The second-order valence-corrected chi connectivity index (χ2v) is 5.45. The molecule has 0 radical (unpaired) electrons. The second-order valence-electron chi connectivity index (χ2n) is 5.45. The van der Waals surface area contributed by atoms with Crippen LogP contribution in [0.2, 0.25) is 0 Å². The minimum Gasteiger partial charge on any atom is -0.396 e. The molecule has 0 atom stereocenters. The molecule has 0 saturated carbocycles. The van der Waals surface area contributed by atoms with E-state index in [-0.39, 0.29) is 18.2 Å². The molecule has 1 aliphatic carbocycles. The number of hydrogen-bond donors (Lipinski definition) is 1. The van der Waals surface area contributed by atoms with E-state index in [9.17, 15) is 9.59 Å². The Morgan fingerprint density at radius 1 is 1.00 bits per heavy atom. The van der Waals surface area contributed by atoms with Gasteiger partial charge in [-0.05, 0) is 53.4 Å². The van der Waals surface area contributed by atoms with Crippen LogP contribution in [-0.2, 0) is 9.59 Å². The van der Waals surface area contributed by atoms with E-state index in [1.165, 1.54) is 5.57 Å². The minimum atomic E-state index is -0.0107. The van der Waals surface area contributed by atoms with Gasteiger partial charge in [0.05, 0.1) is 0 Å². The lowest BCUT2D eigenvalue weighted by atomic mass is 9.84. The van der Waals surface area contributed by atoms with E-state index < -0.39 is 0 Å². The summed E-state index contributed by atoms with van der Waals surface area (Å²) in [5.41, 5.74) is 3.54. The largest absolute Gasteiger partial charge is 0.396 e. The lowest BCUT2D eigenvalue weighted by Gasteiger charge is -2.17. The zero-order valence-corrected chi connectivity index (χ0v) is 12.9. The van der Waals surface area contributed by atoms with E-state index >= 15 is 0 Å². The van der Waals surface area contributed by atoms with Crippen LogP contribution in [0.4, 0.5) is 0 Å². The number of allylic oxidation sites excluding steroid dienone is 6. The molecule has 1 rings (SSSR count). The molecule has 0 fully saturated rings. The number of Topliss-reactive ketones (excluding diaryl/α,β-unsaturated/α-hetero) is 2. The summed E-state index contributed by atoms with van der Waals surface area (Å²) in [4.78, 5) is 24.3. The van der Waals surface area contributed by atoms with Gasteiger partial charge in [-0.3, -0.25) is 9.59 Å². The first kappa shape index (κ1) is 16.6. The van der Waals surface area contributed by atoms with Gasteiger partial charge >= 0.3 is 0 Å². The third kappa shape index (κ3) is 3.76. The van der Waals surface area contributed by atoms with Crippen molar-refractivity contribution in [3.8, 4) is 0 Å². The molecule has 0 heterocycles. The molecule has 0 aromatic heterocycles. The van der Waals surface area contributed by atoms with Gasteiger partial charge in [-0.15, -0.1) is 0 Å². The van der Waals surface area contributed by atoms with Gasteiger partial charge in [-0.1, -0.05) is 11.6 Å². The maximum absolute atomic E-state index is 12.2. The summed E-state index contributed by atoms with van der Waals surface area (Å²) >= 11 is 0. The number of hydrogen-bond acceptors (Lipinski definition) is 3. The Morgan fingerprint density at radius 3 is 2.20 bits per heavy atom. The van der Waals surface area contributed by atoms with E-state index in [1.807, 2.05) is 13.0 Å². The monoisotopic (exact) mass is 276 g/mol. The highest BCUT2D eigenvalue weighted by molar-refractivity contribution is 6.24. The summed E-state index contributed by atoms with van der Waals surface area (Å²) in [6.45, 7) is 7.41. The van der Waals surface area contributed by atoms with Gasteiger partial charge in [0.2, 0.25) is 0 Å². The third-order valence-corrected chi connectivity index (χ3v) is 3.94. The van der Waals surface area contributed by atoms with Gasteiger partial charge in [0, 0.05) is 28.9 Å². The Kier molecular flexibility index (Phi) is 6.08. The number of carbonyl (C=O) groups is 2. The van der Waals surface area contributed by atoms with Crippen LogP contribution in [0.5, 0.6) is 0 Å². The predicted molar refractivity (Wildman–Crippen MR) is 80.4 cm³/mol. The third-order valence-electron chi connectivity index (χ3n) is 3.94. The van der Waals surface area contributed by atoms with Crippen LogP contribution in [0.3, 0.4) is 0 Å². The zero-order chi connectivity index (χ0) is 15.3. The average molecular weight is 276 g/mol. The van der Waals surface area contributed by atoms with Crippen LogP contribution in [0.15, 0.2) is 33.9 Å². The second kappa shape index (κ2) is 7.34. The SMILES string of the molecule is CC(=CCC1=C(C)C(=O)C(C)=C(C)C1=O)CCCCO. The van der Waals surface area contributed by atoms with Crippen LogP contribution in [0, 0.1) is 0 Å². The van der Waals surface area contributed by atoms with E-state index in [0.29, 0.717) is 28.7 Å². The molecular formula is C17H24O3. The van der Waals surface area contributed by atoms with Gasteiger partial charge in [0.1, 0.15) is 0 Å². The van der Waals surface area contributed by atoms with Crippen molar-refractivity contribution in [2.24, 2.45) is 0 Å². The summed E-state index contributed by atoms with van der Waals surface area (Å²) in [7, 11) is 0. The molecule has 0 aromatic rings. The number of aliphatic hydroxyl groups is 1. The summed E-state index contributed by atoms with van der Waals surface area (Å²) in [6, 6.07) is 0. The van der Waals surface area contributed by atoms with Crippen LogP contribution in [-0.4, -0.2) is 23.3 Å². The molecule has 0 unspecified atom stereocenters. The first-order chi connectivity index (χ1) is 9.40. The quantitative estimate of drug-likeness (QED) is 0.460. The van der Waals surface area contributed by atoms with E-state index in [1.54, 1.807) is 20.8 Å². The fraction of sp³-hybridized carbons (Fsp3) is 0.529. The lowest BCUT2D eigenvalue weighted by molar-refractivity contribution is -0.116. The average Bonchev–Trinajstić information content (AvgIpc) is 2.43. The number of carbonyl (C=O) groups excluding carboxylic acids is 2. The van der Waals surface area contributed by atoms with Crippen molar-refractivity contribution in [1.82, 2.24) is 0 Å². The van der Waals surface area contributed by atoms with E-state index in [0.717, 1.165) is 19.3 Å². The van der Waals surface area contributed by atoms with Crippen molar-refractivity contribution >= 4 is 11.6 Å². The number of ketones is 2. The summed E-state index contributed by atoms with van der Waals surface area (Å²) in [5.74, 6) is -0.0116. The fourth-order valence-electron chi connectivity index (χ4n) is 2.30. The van der Waals surface area contributed by atoms with Gasteiger partial charge in [0.25, 0.3) is 0 Å². The van der Waals surface area contributed by atoms with Crippen LogP contribution >= 0.6 is 0 Å². The van der Waals surface area contributed by atoms with Gasteiger partial charge in [0.15, 0.2) is 11.6 Å². The van der Waals surface area contributed by atoms with E-state index in [2.05, 4.69) is 0 Å². The van der Waals surface area contributed by atoms with Gasteiger partial charge in [-0.2, -0.15) is 0 Å². The summed E-state index contributed by atoms with van der Waals surface area (Å²) in [6.07, 6.45) is 5.21. The molecular weight excluding hydrogens is 252 g/mol. The number of aliphatic hydroxyl groups excluding tert-OH is 1. The molecule has 20 heavy (non-hydrogen) atoms. The molecule has 0 aliphatic heterocycles. The first-order valence-electron chi connectivity index (χ1n) is 7.13. The zero-order valence-electron chi connectivity index (χ0n) is 12.9. The maximum Gasteiger partial charge on any atom is 0.185 e. The molecule has 0 aromatic carbocycles. The maximum atomic E-state index is 12.2. The van der Waals surface area contributed by atoms with Crippen LogP contribution in [0.1, 0.15) is 53.4 Å². The molecule has 1 aliphatic rings. The highest BCUT2D eigenvalue weighted by atomic mass is 16.2. The summed E-state index contributed by atoms with van der Waals surface area (Å²) < 4.78 is 0.